The number of nitrogen functional groups attached to an aromatic ring is 2. The highest BCUT2D eigenvalue weighted by Gasteiger charge is 2.23. The van der Waals surface area contributed by atoms with Crippen LogP contribution < -0.4 is 16.8 Å². The van der Waals surface area contributed by atoms with E-state index in [0.29, 0.717) is 42.0 Å². The number of fused-ring (bicyclic) bond motifs is 1. The molecule has 3 aromatic heterocycles. The monoisotopic (exact) mass is 430 g/mol. The Morgan fingerprint density at radius 1 is 1.16 bits per heavy atom. The van der Waals surface area contributed by atoms with Crippen LogP contribution in [0, 0.1) is 0 Å². The van der Waals surface area contributed by atoms with Crippen molar-refractivity contribution in [3.8, 4) is 0 Å². The summed E-state index contributed by atoms with van der Waals surface area (Å²) in [5.41, 5.74) is 12.9. The van der Waals surface area contributed by atoms with Crippen LogP contribution in [0.1, 0.15) is 35.6 Å². The first-order valence-electron chi connectivity index (χ1n) is 9.46. The number of carbonyl (C=O) groups excluding carboxylic acids is 1. The van der Waals surface area contributed by atoms with Crippen molar-refractivity contribution in [3.63, 3.8) is 0 Å². The van der Waals surface area contributed by atoms with Gasteiger partial charge in [0.1, 0.15) is 17.3 Å². The fourth-order valence-electron chi connectivity index (χ4n) is 3.15. The van der Waals surface area contributed by atoms with Crippen LogP contribution in [0.4, 0.5) is 11.8 Å². The van der Waals surface area contributed by atoms with Crippen molar-refractivity contribution in [2.45, 2.75) is 38.3 Å². The first-order chi connectivity index (χ1) is 14.7. The summed E-state index contributed by atoms with van der Waals surface area (Å²) in [6, 6.07) is 3.55. The first-order valence-corrected chi connectivity index (χ1v) is 9.46. The highest BCUT2D eigenvalue weighted by molar-refractivity contribution is 5.94. The third-order valence-electron chi connectivity index (χ3n) is 4.61. The predicted octanol–water partition coefficient (Wildman–Crippen LogP) is 0.869. The van der Waals surface area contributed by atoms with Gasteiger partial charge >= 0.3 is 11.9 Å². The van der Waals surface area contributed by atoms with Gasteiger partial charge in [-0.25, -0.2) is 9.78 Å². The van der Waals surface area contributed by atoms with Crippen LogP contribution >= 0.6 is 0 Å². The number of carbonyl (C=O) groups is 3. The van der Waals surface area contributed by atoms with E-state index in [9.17, 15) is 14.4 Å². The number of rotatable bonds is 10. The summed E-state index contributed by atoms with van der Waals surface area (Å²) in [6.07, 6.45) is 2.41. The van der Waals surface area contributed by atoms with Crippen molar-refractivity contribution in [1.29, 1.82) is 0 Å². The van der Waals surface area contributed by atoms with E-state index in [1.54, 1.807) is 12.1 Å². The second-order valence-corrected chi connectivity index (χ2v) is 6.88. The van der Waals surface area contributed by atoms with Crippen molar-refractivity contribution in [1.82, 2.24) is 19.9 Å². The van der Waals surface area contributed by atoms with Gasteiger partial charge in [0.15, 0.2) is 11.6 Å². The van der Waals surface area contributed by atoms with E-state index in [2.05, 4.69) is 15.3 Å². The number of anilines is 2. The maximum absolute atomic E-state index is 12.2. The highest BCUT2D eigenvalue weighted by Crippen LogP contribution is 2.21. The highest BCUT2D eigenvalue weighted by atomic mass is 16.4. The van der Waals surface area contributed by atoms with Gasteiger partial charge in [0, 0.05) is 25.6 Å². The molecule has 0 saturated heterocycles. The Labute approximate surface area is 175 Å². The Morgan fingerprint density at radius 2 is 1.94 bits per heavy atom. The predicted molar refractivity (Wildman–Crippen MR) is 109 cm³/mol. The molecule has 0 fully saturated rings. The van der Waals surface area contributed by atoms with E-state index >= 15 is 0 Å². The molecule has 0 bridgehead atoms. The van der Waals surface area contributed by atoms with Crippen LogP contribution in [-0.2, 0) is 22.6 Å². The Kier molecular flexibility index (Phi) is 6.38. The van der Waals surface area contributed by atoms with Gasteiger partial charge in [0.2, 0.25) is 5.95 Å². The minimum Gasteiger partial charge on any atom is -0.481 e. The smallest absolute Gasteiger partial charge is 0.326 e. The summed E-state index contributed by atoms with van der Waals surface area (Å²) in [4.78, 5) is 42.2. The Morgan fingerprint density at radius 3 is 2.65 bits per heavy atom. The van der Waals surface area contributed by atoms with E-state index in [-0.39, 0.29) is 24.6 Å². The second-order valence-electron chi connectivity index (χ2n) is 6.88. The van der Waals surface area contributed by atoms with E-state index in [4.69, 9.17) is 26.1 Å². The molecular weight excluding hydrogens is 408 g/mol. The fraction of sp³-hybridized carbons (Fsp3) is 0.316. The lowest BCUT2D eigenvalue weighted by atomic mass is 10.1. The molecule has 0 saturated carbocycles. The van der Waals surface area contributed by atoms with Crippen molar-refractivity contribution in [3.05, 3.63) is 35.9 Å². The van der Waals surface area contributed by atoms with Gasteiger partial charge in [-0.2, -0.15) is 4.98 Å². The standard InChI is InChI=1S/C19H22N6O6/c20-16-15-11(23-19(21)24-16)7-9-25(15)8-1-2-10-3-5-13(31-10)17(28)22-12(18(29)30)4-6-14(26)27/h3,5,7,9,12H,1-2,4,6,8H2,(H,22,28)(H,26,27)(H,29,30)(H4,20,21,23,24)/t12-/m0/s1. The molecule has 0 aliphatic carbocycles. The molecule has 0 spiro atoms. The maximum atomic E-state index is 12.2. The molecule has 3 aromatic rings. The number of hydrogen-bond acceptors (Lipinski definition) is 8. The van der Waals surface area contributed by atoms with Crippen LogP contribution in [0.15, 0.2) is 28.8 Å². The zero-order chi connectivity index (χ0) is 22.5. The molecule has 0 radical (unpaired) electrons. The lowest BCUT2D eigenvalue weighted by molar-refractivity contribution is -0.140. The molecule has 12 heteroatoms. The van der Waals surface area contributed by atoms with Gasteiger partial charge < -0.3 is 36.0 Å². The summed E-state index contributed by atoms with van der Waals surface area (Å²) in [6.45, 7) is 0.597. The largest absolute Gasteiger partial charge is 0.481 e. The molecule has 31 heavy (non-hydrogen) atoms. The minimum absolute atomic E-state index is 0.0453. The zero-order valence-electron chi connectivity index (χ0n) is 16.4. The molecule has 0 aromatic carbocycles. The number of nitrogens with zero attached hydrogens (tertiary/aromatic N) is 3. The average Bonchev–Trinajstić information content (AvgIpc) is 3.32. The Bertz CT molecular complexity index is 1120. The Hall–Kier alpha value is -4.09. The van der Waals surface area contributed by atoms with Crippen molar-refractivity contribution >= 4 is 40.6 Å². The van der Waals surface area contributed by atoms with Gasteiger partial charge in [-0.1, -0.05) is 0 Å². The number of aromatic nitrogens is 3. The zero-order valence-corrected chi connectivity index (χ0v) is 16.4. The van der Waals surface area contributed by atoms with Crippen LogP contribution in [0.3, 0.4) is 0 Å². The van der Waals surface area contributed by atoms with Crippen LogP contribution in [0.2, 0.25) is 0 Å². The summed E-state index contributed by atoms with van der Waals surface area (Å²) < 4.78 is 7.40. The van der Waals surface area contributed by atoms with E-state index < -0.39 is 23.9 Å². The van der Waals surface area contributed by atoms with Crippen LogP contribution in [-0.4, -0.2) is 48.6 Å². The fourth-order valence-corrected chi connectivity index (χ4v) is 3.15. The number of nitrogens with two attached hydrogens (primary N) is 2. The first kappa shape index (κ1) is 21.6. The molecule has 12 nitrogen and oxygen atoms in total. The number of aryl methyl sites for hydroxylation is 2. The topological polar surface area (TPSA) is 200 Å². The lowest BCUT2D eigenvalue weighted by Crippen LogP contribution is -2.41. The summed E-state index contributed by atoms with van der Waals surface area (Å²) in [7, 11) is 0. The second kappa shape index (κ2) is 9.15. The molecule has 0 aliphatic heterocycles. The van der Waals surface area contributed by atoms with Crippen molar-refractivity contribution < 1.29 is 29.0 Å². The van der Waals surface area contributed by atoms with E-state index in [1.165, 1.54) is 6.07 Å². The average molecular weight is 430 g/mol. The number of carboxylic acids is 2. The SMILES string of the molecule is Nc1nc(N)c2c(ccn2CCCc2ccc(C(=O)N[C@@H](CCC(=O)O)C(=O)O)o2)n1. The van der Waals surface area contributed by atoms with Gasteiger partial charge in [0.05, 0.1) is 5.52 Å². The molecule has 0 aliphatic rings. The number of furan rings is 1. The normalized spacial score (nSPS) is 12.0. The number of nitrogens with one attached hydrogen (secondary N) is 1. The lowest BCUT2D eigenvalue weighted by Gasteiger charge is -2.12. The molecule has 1 amide bonds. The minimum atomic E-state index is -1.32. The Balaban J connectivity index is 1.57. The molecule has 164 valence electrons. The number of amides is 1. The van der Waals surface area contributed by atoms with Gasteiger partial charge in [0.25, 0.3) is 5.91 Å². The third-order valence-corrected chi connectivity index (χ3v) is 4.61. The molecule has 7 N–H and O–H groups in total. The number of carboxylic acid groups (broad SMARTS) is 2. The number of aliphatic carboxylic acids is 2. The van der Waals surface area contributed by atoms with Crippen molar-refractivity contribution in [2.75, 3.05) is 11.5 Å². The summed E-state index contributed by atoms with van der Waals surface area (Å²) in [5.74, 6) is -2.28. The molecule has 3 rings (SSSR count). The van der Waals surface area contributed by atoms with E-state index in [0.717, 1.165) is 0 Å². The van der Waals surface area contributed by atoms with Crippen molar-refractivity contribution in [2.24, 2.45) is 0 Å². The van der Waals surface area contributed by atoms with Crippen LogP contribution in [0.5, 0.6) is 0 Å². The summed E-state index contributed by atoms with van der Waals surface area (Å²) in [5, 5.41) is 20.1. The number of hydrogen-bond donors (Lipinski definition) is 5. The molecule has 3 heterocycles. The molecule has 0 unspecified atom stereocenters. The van der Waals surface area contributed by atoms with E-state index in [1.807, 2.05) is 10.8 Å². The van der Waals surface area contributed by atoms with Gasteiger partial charge in [-0.15, -0.1) is 0 Å². The maximum Gasteiger partial charge on any atom is 0.326 e. The van der Waals surface area contributed by atoms with Gasteiger partial charge in [-0.3, -0.25) is 9.59 Å². The molecule has 1 atom stereocenters. The summed E-state index contributed by atoms with van der Waals surface area (Å²) >= 11 is 0. The molecular formula is C19H22N6O6. The quantitative estimate of drug-likeness (QED) is 0.307. The van der Waals surface area contributed by atoms with Crippen LogP contribution in [0.25, 0.3) is 11.0 Å². The van der Waals surface area contributed by atoms with Gasteiger partial charge in [-0.05, 0) is 31.0 Å². The third kappa shape index (κ3) is 5.29.